The Kier molecular flexibility index (Phi) is 6.12. The van der Waals surface area contributed by atoms with Gasteiger partial charge in [-0.25, -0.2) is 0 Å². The van der Waals surface area contributed by atoms with E-state index in [1.54, 1.807) is 0 Å². The van der Waals surface area contributed by atoms with Gasteiger partial charge in [0.25, 0.3) is 0 Å². The summed E-state index contributed by atoms with van der Waals surface area (Å²) >= 11 is 0. The van der Waals surface area contributed by atoms with Crippen LogP contribution in [0.15, 0.2) is 11.6 Å². The average molecular weight is 443 g/mol. The third-order valence-electron chi connectivity index (χ3n) is 10.5. The van der Waals surface area contributed by atoms with E-state index in [2.05, 4.69) is 26.8 Å². The lowest BCUT2D eigenvalue weighted by Gasteiger charge is -2.59. The molecule has 2 nitrogen and oxygen atoms in total. The minimum Gasteiger partial charge on any atom is -0.390 e. The highest BCUT2D eigenvalue weighted by Gasteiger charge is 2.59. The zero-order chi connectivity index (χ0) is 22.7. The number of aliphatic hydroxyl groups is 2. The van der Waals surface area contributed by atoms with Crippen LogP contribution >= 0.6 is 0 Å². The maximum atomic E-state index is 12.7. The van der Waals surface area contributed by atoms with Gasteiger partial charge < -0.3 is 10.2 Å². The van der Waals surface area contributed by atoms with Gasteiger partial charge in [-0.05, 0) is 105 Å². The van der Waals surface area contributed by atoms with Gasteiger partial charge in [-0.15, -0.1) is 0 Å². The minimum atomic E-state index is -4.49. The Morgan fingerprint density at radius 1 is 1.10 bits per heavy atom. The molecule has 0 amide bonds. The van der Waals surface area contributed by atoms with Crippen LogP contribution < -0.4 is 0 Å². The van der Waals surface area contributed by atoms with E-state index in [1.807, 2.05) is 0 Å². The van der Waals surface area contributed by atoms with E-state index in [4.69, 9.17) is 0 Å². The molecule has 4 rings (SSSR count). The van der Waals surface area contributed by atoms with Crippen LogP contribution in [-0.2, 0) is 0 Å². The summed E-state index contributed by atoms with van der Waals surface area (Å²) in [5, 5.41) is 20.3. The van der Waals surface area contributed by atoms with Gasteiger partial charge in [-0.1, -0.05) is 38.8 Å². The Labute approximate surface area is 185 Å². The standard InChI is InChI=1S/C26H41F3O2/c1-4-25(31)15-14-24(3)18(16-25)8-10-19-20-11-9-17(23(20,2)13-12-21(19)24)6-5-7-22(30)26(27,28)29/h8,17,19-22,30-31H,4-7,9-16H2,1-3H3/t17-,19-,20-,21-,22?,23+,24-,25-/m0/s1. The average Bonchev–Trinajstić information content (AvgIpc) is 3.04. The third kappa shape index (κ3) is 4.00. The number of alkyl halides is 3. The highest BCUT2D eigenvalue weighted by Crippen LogP contribution is 2.67. The van der Waals surface area contributed by atoms with Crippen molar-refractivity contribution in [3.8, 4) is 0 Å². The Bertz CT molecular complexity index is 703. The molecule has 31 heavy (non-hydrogen) atoms. The molecule has 3 saturated carbocycles. The number of aliphatic hydroxyl groups excluding tert-OH is 1. The van der Waals surface area contributed by atoms with E-state index in [0.29, 0.717) is 30.1 Å². The number of fused-ring (bicyclic) bond motifs is 5. The smallest absolute Gasteiger partial charge is 0.390 e. The molecule has 1 unspecified atom stereocenters. The van der Waals surface area contributed by atoms with Crippen molar-refractivity contribution in [1.29, 1.82) is 0 Å². The first-order valence-electron chi connectivity index (χ1n) is 12.6. The zero-order valence-electron chi connectivity index (χ0n) is 19.5. The molecular formula is C26H41F3O2. The van der Waals surface area contributed by atoms with E-state index >= 15 is 0 Å². The van der Waals surface area contributed by atoms with Crippen LogP contribution in [-0.4, -0.2) is 28.1 Å². The monoisotopic (exact) mass is 442 g/mol. The Morgan fingerprint density at radius 3 is 2.52 bits per heavy atom. The summed E-state index contributed by atoms with van der Waals surface area (Å²) in [5.41, 5.74) is 1.40. The molecule has 0 spiro atoms. The van der Waals surface area contributed by atoms with Crippen molar-refractivity contribution >= 4 is 0 Å². The van der Waals surface area contributed by atoms with Gasteiger partial charge in [0.15, 0.2) is 0 Å². The van der Waals surface area contributed by atoms with E-state index < -0.39 is 17.9 Å². The van der Waals surface area contributed by atoms with Crippen LogP contribution in [0.5, 0.6) is 0 Å². The molecular weight excluding hydrogens is 401 g/mol. The van der Waals surface area contributed by atoms with Crippen molar-refractivity contribution in [2.45, 2.75) is 116 Å². The molecule has 0 aliphatic heterocycles. The Balaban J connectivity index is 1.45. The van der Waals surface area contributed by atoms with Crippen molar-refractivity contribution in [2.75, 3.05) is 0 Å². The largest absolute Gasteiger partial charge is 0.414 e. The van der Waals surface area contributed by atoms with Crippen LogP contribution in [0, 0.1) is 34.5 Å². The van der Waals surface area contributed by atoms with Crippen molar-refractivity contribution in [3.63, 3.8) is 0 Å². The van der Waals surface area contributed by atoms with Gasteiger partial charge >= 0.3 is 6.18 Å². The summed E-state index contributed by atoms with van der Waals surface area (Å²) in [6.45, 7) is 6.94. The molecule has 4 aliphatic rings. The molecule has 0 radical (unpaired) electrons. The SMILES string of the molecule is CC[C@]1(O)CC[C@@]2(C)C(=CC[C@H]3[C@@H]4CC[C@H](CCCC(O)C(F)(F)F)[C@@]4(C)CC[C@@H]32)C1. The fourth-order valence-electron chi connectivity index (χ4n) is 8.32. The molecule has 0 heterocycles. The van der Waals surface area contributed by atoms with E-state index in [-0.39, 0.29) is 17.3 Å². The number of allylic oxidation sites excluding steroid dienone is 1. The predicted molar refractivity (Wildman–Crippen MR) is 116 cm³/mol. The lowest BCUT2D eigenvalue weighted by molar-refractivity contribution is -0.205. The van der Waals surface area contributed by atoms with Crippen molar-refractivity contribution in [2.24, 2.45) is 34.5 Å². The molecule has 0 bridgehead atoms. The first kappa shape index (κ1) is 23.6. The highest BCUT2D eigenvalue weighted by molar-refractivity contribution is 5.27. The first-order valence-corrected chi connectivity index (χ1v) is 12.6. The molecule has 0 aromatic carbocycles. The molecule has 2 N–H and O–H groups in total. The lowest BCUT2D eigenvalue weighted by atomic mass is 9.46. The molecule has 0 aromatic heterocycles. The lowest BCUT2D eigenvalue weighted by Crippen LogP contribution is -2.52. The summed E-state index contributed by atoms with van der Waals surface area (Å²) in [5.74, 6) is 2.49. The quantitative estimate of drug-likeness (QED) is 0.460. The van der Waals surface area contributed by atoms with Gasteiger partial charge in [0.2, 0.25) is 0 Å². The van der Waals surface area contributed by atoms with Gasteiger partial charge in [0, 0.05) is 0 Å². The number of halogens is 3. The van der Waals surface area contributed by atoms with Gasteiger partial charge in [0.05, 0.1) is 5.60 Å². The fourth-order valence-corrected chi connectivity index (χ4v) is 8.32. The molecule has 0 saturated heterocycles. The van der Waals surface area contributed by atoms with Crippen LogP contribution in [0.3, 0.4) is 0 Å². The molecule has 8 atom stereocenters. The number of hydrogen-bond donors (Lipinski definition) is 2. The summed E-state index contributed by atoms with van der Waals surface area (Å²) in [6, 6.07) is 0. The Hall–Kier alpha value is -0.550. The summed E-state index contributed by atoms with van der Waals surface area (Å²) < 4.78 is 38.0. The first-order chi connectivity index (χ1) is 14.4. The van der Waals surface area contributed by atoms with Crippen molar-refractivity contribution in [1.82, 2.24) is 0 Å². The summed E-state index contributed by atoms with van der Waals surface area (Å²) in [7, 11) is 0. The van der Waals surface area contributed by atoms with Crippen LogP contribution in [0.1, 0.15) is 97.8 Å². The predicted octanol–water partition coefficient (Wildman–Crippen LogP) is 6.80. The molecule has 3 fully saturated rings. The molecule has 4 aliphatic carbocycles. The maximum Gasteiger partial charge on any atom is 0.414 e. The van der Waals surface area contributed by atoms with E-state index in [0.717, 1.165) is 44.9 Å². The van der Waals surface area contributed by atoms with Crippen molar-refractivity contribution < 1.29 is 23.4 Å². The minimum absolute atomic E-state index is 0.169. The Morgan fingerprint density at radius 2 is 1.84 bits per heavy atom. The topological polar surface area (TPSA) is 40.5 Å². The van der Waals surface area contributed by atoms with Crippen LogP contribution in [0.2, 0.25) is 0 Å². The van der Waals surface area contributed by atoms with Crippen LogP contribution in [0.4, 0.5) is 13.2 Å². The number of hydrogen-bond acceptors (Lipinski definition) is 2. The molecule has 0 aromatic rings. The fraction of sp³-hybridized carbons (Fsp3) is 0.923. The highest BCUT2D eigenvalue weighted by atomic mass is 19.4. The normalized spacial score (nSPS) is 46.0. The second-order valence-electron chi connectivity index (χ2n) is 11.8. The maximum absolute atomic E-state index is 12.7. The van der Waals surface area contributed by atoms with Gasteiger partial charge in [-0.3, -0.25) is 0 Å². The second-order valence-corrected chi connectivity index (χ2v) is 11.8. The van der Waals surface area contributed by atoms with E-state index in [9.17, 15) is 23.4 Å². The van der Waals surface area contributed by atoms with Crippen LogP contribution in [0.25, 0.3) is 0 Å². The summed E-state index contributed by atoms with van der Waals surface area (Å²) in [4.78, 5) is 0. The second kappa shape index (κ2) is 8.04. The van der Waals surface area contributed by atoms with Gasteiger partial charge in [-0.2, -0.15) is 13.2 Å². The summed E-state index contributed by atoms with van der Waals surface area (Å²) in [6.07, 6.45) is 6.30. The van der Waals surface area contributed by atoms with Gasteiger partial charge in [0.1, 0.15) is 6.10 Å². The molecule has 178 valence electrons. The molecule has 5 heteroatoms. The van der Waals surface area contributed by atoms with Crippen molar-refractivity contribution in [3.05, 3.63) is 11.6 Å². The number of rotatable bonds is 5. The van der Waals surface area contributed by atoms with E-state index in [1.165, 1.54) is 24.8 Å². The zero-order valence-corrected chi connectivity index (χ0v) is 19.5. The third-order valence-corrected chi connectivity index (χ3v) is 10.5.